The molecule has 0 aliphatic carbocycles. The van der Waals surface area contributed by atoms with Gasteiger partial charge in [0.2, 0.25) is 0 Å². The van der Waals surface area contributed by atoms with Gasteiger partial charge in [-0.3, -0.25) is 4.79 Å². The van der Waals surface area contributed by atoms with Crippen LogP contribution in [0.5, 0.6) is 0 Å². The lowest BCUT2D eigenvalue weighted by molar-refractivity contribution is 0.0924. The van der Waals surface area contributed by atoms with Crippen LogP contribution in [0.3, 0.4) is 0 Å². The summed E-state index contributed by atoms with van der Waals surface area (Å²) in [5.41, 5.74) is 1.62. The van der Waals surface area contributed by atoms with Crippen molar-refractivity contribution < 1.29 is 9.21 Å². The van der Waals surface area contributed by atoms with Crippen LogP contribution in [0.1, 0.15) is 41.3 Å². The summed E-state index contributed by atoms with van der Waals surface area (Å²) in [6.45, 7) is 4.29. The molecule has 4 rings (SSSR count). The molecule has 0 spiro atoms. The molecule has 1 saturated heterocycles. The number of hydrogen-bond donors (Lipinski definition) is 1. The first kappa shape index (κ1) is 16.6. The van der Waals surface area contributed by atoms with Crippen LogP contribution in [0.15, 0.2) is 40.8 Å². The van der Waals surface area contributed by atoms with E-state index in [1.165, 1.54) is 19.3 Å². The molecule has 1 amide bonds. The number of carbonyl (C=O) groups excluding carboxylic acids is 1. The number of aromatic nitrogens is 2. The fourth-order valence-corrected chi connectivity index (χ4v) is 3.32. The van der Waals surface area contributed by atoms with Crippen LogP contribution in [-0.2, 0) is 6.54 Å². The van der Waals surface area contributed by atoms with Crippen molar-refractivity contribution in [3.05, 3.63) is 53.7 Å². The zero-order chi connectivity index (χ0) is 17.9. The summed E-state index contributed by atoms with van der Waals surface area (Å²) in [5, 5.41) is 3.77. The Morgan fingerprint density at radius 1 is 1.15 bits per heavy atom. The van der Waals surface area contributed by atoms with Crippen LogP contribution < -0.4 is 10.2 Å². The first-order chi connectivity index (χ1) is 12.7. The number of furan rings is 1. The maximum Gasteiger partial charge on any atom is 0.287 e. The summed E-state index contributed by atoms with van der Waals surface area (Å²) in [4.78, 5) is 23.8. The van der Waals surface area contributed by atoms with Gasteiger partial charge in [0.1, 0.15) is 17.2 Å². The minimum absolute atomic E-state index is 0.258. The van der Waals surface area contributed by atoms with E-state index in [0.717, 1.165) is 30.0 Å². The summed E-state index contributed by atoms with van der Waals surface area (Å²) in [6, 6.07) is 11.3. The lowest BCUT2D eigenvalue weighted by Gasteiger charge is -2.28. The van der Waals surface area contributed by atoms with Gasteiger partial charge in [-0.1, -0.05) is 18.2 Å². The Labute approximate surface area is 152 Å². The Bertz CT molecular complexity index is 895. The molecular weight excluding hydrogens is 328 g/mol. The highest BCUT2D eigenvalue weighted by Gasteiger charge is 2.15. The van der Waals surface area contributed by atoms with Crippen molar-refractivity contribution >= 4 is 22.7 Å². The minimum Gasteiger partial charge on any atom is -0.451 e. The molecule has 6 nitrogen and oxygen atoms in total. The van der Waals surface area contributed by atoms with Gasteiger partial charge in [-0.25, -0.2) is 9.97 Å². The Hall–Kier alpha value is -2.89. The molecule has 3 heterocycles. The SMILES string of the molecule is Cc1cc(N2CCCCC2)nc(CNC(=O)c2cc3ccccc3o2)n1. The summed E-state index contributed by atoms with van der Waals surface area (Å²) in [5.74, 6) is 1.61. The molecule has 6 heteroatoms. The molecule has 0 unspecified atom stereocenters. The monoisotopic (exact) mass is 350 g/mol. The van der Waals surface area contributed by atoms with E-state index in [1.54, 1.807) is 6.07 Å². The maximum absolute atomic E-state index is 12.4. The first-order valence-corrected chi connectivity index (χ1v) is 9.05. The largest absolute Gasteiger partial charge is 0.451 e. The van der Waals surface area contributed by atoms with Gasteiger partial charge in [0.25, 0.3) is 5.91 Å². The predicted molar refractivity (Wildman–Crippen MR) is 100 cm³/mol. The number of fused-ring (bicyclic) bond motifs is 1. The Morgan fingerprint density at radius 2 is 1.96 bits per heavy atom. The number of benzene rings is 1. The van der Waals surface area contributed by atoms with Gasteiger partial charge in [0.05, 0.1) is 6.54 Å². The first-order valence-electron chi connectivity index (χ1n) is 9.05. The molecule has 2 aromatic heterocycles. The standard InChI is InChI=1S/C20H22N4O2/c1-14-11-19(24-9-5-2-6-10-24)23-18(22-14)13-21-20(25)17-12-15-7-3-4-8-16(15)26-17/h3-4,7-8,11-12H,2,5-6,9-10,13H2,1H3,(H,21,25). The van der Waals surface area contributed by atoms with Gasteiger partial charge < -0.3 is 14.6 Å². The number of hydrogen-bond acceptors (Lipinski definition) is 5. The summed E-state index contributed by atoms with van der Waals surface area (Å²) in [6.07, 6.45) is 3.67. The van der Waals surface area contributed by atoms with Crippen molar-refractivity contribution in [3.63, 3.8) is 0 Å². The van der Waals surface area contributed by atoms with Crippen LogP contribution in [0.2, 0.25) is 0 Å². The molecular formula is C20H22N4O2. The Morgan fingerprint density at radius 3 is 2.77 bits per heavy atom. The average molecular weight is 350 g/mol. The van der Waals surface area contributed by atoms with Crippen molar-refractivity contribution in [1.29, 1.82) is 0 Å². The Kier molecular flexibility index (Phi) is 4.56. The number of rotatable bonds is 4. The van der Waals surface area contributed by atoms with E-state index in [4.69, 9.17) is 4.42 Å². The van der Waals surface area contributed by atoms with Gasteiger partial charge in [0, 0.05) is 30.2 Å². The second-order valence-electron chi connectivity index (χ2n) is 6.66. The quantitative estimate of drug-likeness (QED) is 0.780. The second-order valence-corrected chi connectivity index (χ2v) is 6.66. The number of piperidine rings is 1. The van der Waals surface area contributed by atoms with Crippen LogP contribution in [0.4, 0.5) is 5.82 Å². The van der Waals surface area contributed by atoms with E-state index >= 15 is 0 Å². The van der Waals surface area contributed by atoms with E-state index in [2.05, 4.69) is 20.2 Å². The molecule has 1 aromatic carbocycles. The molecule has 134 valence electrons. The van der Waals surface area contributed by atoms with Gasteiger partial charge in [0.15, 0.2) is 5.76 Å². The zero-order valence-corrected chi connectivity index (χ0v) is 14.9. The second kappa shape index (κ2) is 7.15. The number of anilines is 1. The highest BCUT2D eigenvalue weighted by atomic mass is 16.3. The number of aryl methyl sites for hydroxylation is 1. The van der Waals surface area contributed by atoms with Crippen molar-refractivity contribution in [2.24, 2.45) is 0 Å². The normalized spacial score (nSPS) is 14.6. The van der Waals surface area contributed by atoms with Gasteiger partial charge in [-0.15, -0.1) is 0 Å². The van der Waals surface area contributed by atoms with E-state index in [1.807, 2.05) is 37.3 Å². The van der Waals surface area contributed by atoms with Crippen molar-refractivity contribution in [3.8, 4) is 0 Å². The third-order valence-electron chi connectivity index (χ3n) is 4.62. The molecule has 1 aliphatic heterocycles. The number of amides is 1. The molecule has 0 atom stereocenters. The van der Waals surface area contributed by atoms with Crippen LogP contribution >= 0.6 is 0 Å². The average Bonchev–Trinajstić information content (AvgIpc) is 3.11. The molecule has 0 bridgehead atoms. The fourth-order valence-electron chi connectivity index (χ4n) is 3.32. The molecule has 3 aromatic rings. The third-order valence-corrected chi connectivity index (χ3v) is 4.62. The number of nitrogens with one attached hydrogen (secondary N) is 1. The highest BCUT2D eigenvalue weighted by molar-refractivity contribution is 5.95. The van der Waals surface area contributed by atoms with Crippen molar-refractivity contribution in [2.45, 2.75) is 32.7 Å². The van der Waals surface area contributed by atoms with E-state index in [9.17, 15) is 4.79 Å². The zero-order valence-electron chi connectivity index (χ0n) is 14.9. The highest BCUT2D eigenvalue weighted by Crippen LogP contribution is 2.20. The van der Waals surface area contributed by atoms with Crippen LogP contribution in [0, 0.1) is 6.92 Å². The lowest BCUT2D eigenvalue weighted by Crippen LogP contribution is -2.31. The molecule has 0 radical (unpaired) electrons. The molecule has 1 aliphatic rings. The van der Waals surface area contributed by atoms with Crippen LogP contribution in [0.25, 0.3) is 11.0 Å². The maximum atomic E-state index is 12.4. The summed E-state index contributed by atoms with van der Waals surface area (Å²) < 4.78 is 5.60. The lowest BCUT2D eigenvalue weighted by atomic mass is 10.1. The Balaban J connectivity index is 1.46. The van der Waals surface area contributed by atoms with Gasteiger partial charge in [-0.05, 0) is 38.3 Å². The van der Waals surface area contributed by atoms with E-state index in [0.29, 0.717) is 17.2 Å². The smallest absolute Gasteiger partial charge is 0.287 e. The summed E-state index contributed by atoms with van der Waals surface area (Å²) >= 11 is 0. The predicted octanol–water partition coefficient (Wildman–Crippen LogP) is 3.45. The van der Waals surface area contributed by atoms with Crippen molar-refractivity contribution in [2.75, 3.05) is 18.0 Å². The number of nitrogens with zero attached hydrogens (tertiary/aromatic N) is 3. The topological polar surface area (TPSA) is 71.3 Å². The van der Waals surface area contributed by atoms with Gasteiger partial charge >= 0.3 is 0 Å². The number of carbonyl (C=O) groups is 1. The van der Waals surface area contributed by atoms with E-state index in [-0.39, 0.29) is 12.5 Å². The molecule has 1 N–H and O–H groups in total. The van der Waals surface area contributed by atoms with Gasteiger partial charge in [-0.2, -0.15) is 0 Å². The summed E-state index contributed by atoms with van der Waals surface area (Å²) in [7, 11) is 0. The minimum atomic E-state index is -0.258. The third kappa shape index (κ3) is 3.54. The van der Waals surface area contributed by atoms with E-state index < -0.39 is 0 Å². The number of para-hydroxylation sites is 1. The molecule has 0 saturated carbocycles. The molecule has 26 heavy (non-hydrogen) atoms. The molecule has 1 fully saturated rings. The fraction of sp³-hybridized carbons (Fsp3) is 0.350. The van der Waals surface area contributed by atoms with Crippen molar-refractivity contribution in [1.82, 2.24) is 15.3 Å². The van der Waals surface area contributed by atoms with Crippen LogP contribution in [-0.4, -0.2) is 29.0 Å².